The van der Waals surface area contributed by atoms with E-state index < -0.39 is 11.2 Å². The number of hydrogen-bond acceptors (Lipinski definition) is 7. The number of hydrogen-bond donors (Lipinski definition) is 1. The van der Waals surface area contributed by atoms with Crippen LogP contribution in [0.3, 0.4) is 0 Å². The second-order valence-electron chi connectivity index (χ2n) is 4.73. The van der Waals surface area contributed by atoms with Crippen molar-refractivity contribution < 1.29 is 19.1 Å². The molecule has 8 nitrogen and oxygen atoms in total. The molecule has 0 aromatic rings. The quantitative estimate of drug-likeness (QED) is 0.335. The van der Waals surface area contributed by atoms with Gasteiger partial charge in [0, 0.05) is 25.9 Å². The van der Waals surface area contributed by atoms with Crippen LogP contribution in [0, 0.1) is 10.1 Å². The molecule has 8 heteroatoms. The molecule has 2 heterocycles. The van der Waals surface area contributed by atoms with Crippen molar-refractivity contribution in [1.82, 2.24) is 10.4 Å². The number of rotatable bonds is 6. The van der Waals surface area contributed by atoms with Gasteiger partial charge in [-0.25, -0.2) is 0 Å². The van der Waals surface area contributed by atoms with E-state index in [4.69, 9.17) is 14.2 Å². The van der Waals surface area contributed by atoms with Crippen molar-refractivity contribution in [3.8, 4) is 0 Å². The van der Waals surface area contributed by atoms with E-state index in [9.17, 15) is 10.1 Å². The van der Waals surface area contributed by atoms with Crippen LogP contribution >= 0.6 is 0 Å². The van der Waals surface area contributed by atoms with Crippen molar-refractivity contribution in [3.05, 3.63) is 21.5 Å². The lowest BCUT2D eigenvalue weighted by atomic mass is 10.1. The van der Waals surface area contributed by atoms with Crippen LogP contribution in [0.5, 0.6) is 0 Å². The van der Waals surface area contributed by atoms with Crippen LogP contribution in [0.4, 0.5) is 0 Å². The molecule has 1 unspecified atom stereocenters. The van der Waals surface area contributed by atoms with Crippen LogP contribution in [0.15, 0.2) is 11.4 Å². The molecule has 0 amide bonds. The van der Waals surface area contributed by atoms with E-state index in [2.05, 4.69) is 5.43 Å². The van der Waals surface area contributed by atoms with Crippen LogP contribution in [-0.4, -0.2) is 48.8 Å². The van der Waals surface area contributed by atoms with Crippen molar-refractivity contribution in [3.63, 3.8) is 0 Å². The summed E-state index contributed by atoms with van der Waals surface area (Å²) < 4.78 is 15.8. The van der Waals surface area contributed by atoms with Crippen molar-refractivity contribution >= 4 is 0 Å². The molecule has 1 fully saturated rings. The first-order valence-corrected chi connectivity index (χ1v) is 6.82. The molecule has 1 saturated heterocycles. The van der Waals surface area contributed by atoms with Gasteiger partial charge < -0.3 is 19.2 Å². The Labute approximate surface area is 117 Å². The molecule has 2 rings (SSSR count). The minimum atomic E-state index is -0.764. The zero-order chi connectivity index (χ0) is 14.5. The number of hydrazine groups is 1. The molecule has 20 heavy (non-hydrogen) atoms. The number of nitrogens with zero attached hydrogens (tertiary/aromatic N) is 2. The Hall–Kier alpha value is -1.22. The Kier molecular flexibility index (Phi) is 5.30. The maximum Gasteiger partial charge on any atom is 0.311 e. The first-order valence-electron chi connectivity index (χ1n) is 6.82. The molecule has 0 bridgehead atoms. The Morgan fingerprint density at radius 2 is 2.20 bits per heavy atom. The van der Waals surface area contributed by atoms with E-state index in [-0.39, 0.29) is 18.5 Å². The fraction of sp³-hybridized carbons (Fsp3) is 0.833. The van der Waals surface area contributed by atoms with Gasteiger partial charge in [0.15, 0.2) is 0 Å². The Morgan fingerprint density at radius 1 is 1.50 bits per heavy atom. The molecule has 2 aliphatic rings. The Morgan fingerprint density at radius 3 is 2.80 bits per heavy atom. The summed E-state index contributed by atoms with van der Waals surface area (Å²) in [7, 11) is 0. The van der Waals surface area contributed by atoms with Gasteiger partial charge in [0.1, 0.15) is 12.5 Å². The number of nitrogens with one attached hydrogen (secondary N) is 1. The van der Waals surface area contributed by atoms with Crippen molar-refractivity contribution in [2.24, 2.45) is 0 Å². The van der Waals surface area contributed by atoms with Crippen LogP contribution in [0.25, 0.3) is 0 Å². The van der Waals surface area contributed by atoms with Gasteiger partial charge >= 0.3 is 5.70 Å². The van der Waals surface area contributed by atoms with Gasteiger partial charge in [-0.15, -0.1) is 0 Å². The van der Waals surface area contributed by atoms with Crippen molar-refractivity contribution in [1.29, 1.82) is 0 Å². The standard InChI is InChI=1S/C12H21N3O5/c1-3-18-8-20-12-11(15(16)17)9(2)14(13-12)10-4-6-19-7-5-10/h10,12-13H,3-8H2,1-2H3. The second-order valence-corrected chi connectivity index (χ2v) is 4.73. The third-order valence-electron chi connectivity index (χ3n) is 3.51. The number of nitro groups is 1. The second kappa shape index (κ2) is 6.98. The zero-order valence-electron chi connectivity index (χ0n) is 11.8. The van der Waals surface area contributed by atoms with Gasteiger partial charge in [-0.2, -0.15) is 5.43 Å². The van der Waals surface area contributed by atoms with E-state index in [1.54, 1.807) is 6.92 Å². The average Bonchev–Trinajstić information content (AvgIpc) is 2.77. The highest BCUT2D eigenvalue weighted by Crippen LogP contribution is 2.27. The fourth-order valence-corrected chi connectivity index (χ4v) is 2.46. The maximum atomic E-state index is 11.2. The van der Waals surface area contributed by atoms with Gasteiger partial charge in [-0.05, 0) is 26.7 Å². The highest BCUT2D eigenvalue weighted by Gasteiger charge is 2.41. The first-order chi connectivity index (χ1) is 9.65. The lowest BCUT2D eigenvalue weighted by Crippen LogP contribution is -2.47. The molecule has 0 saturated carbocycles. The first kappa shape index (κ1) is 15.2. The topological polar surface area (TPSA) is 86.1 Å². The normalized spacial score (nSPS) is 24.5. The van der Waals surface area contributed by atoms with Crippen molar-refractivity contribution in [2.45, 2.75) is 39.0 Å². The van der Waals surface area contributed by atoms with Crippen LogP contribution in [-0.2, 0) is 14.2 Å². The number of allylic oxidation sites excluding steroid dienone is 1. The van der Waals surface area contributed by atoms with Crippen LogP contribution in [0.1, 0.15) is 26.7 Å². The Balaban J connectivity index is 2.06. The van der Waals surface area contributed by atoms with Gasteiger partial charge in [-0.3, -0.25) is 10.1 Å². The van der Waals surface area contributed by atoms with E-state index in [1.165, 1.54) is 0 Å². The molecular formula is C12H21N3O5. The third kappa shape index (κ3) is 3.26. The molecule has 1 N–H and O–H groups in total. The van der Waals surface area contributed by atoms with E-state index >= 15 is 0 Å². The lowest BCUT2D eigenvalue weighted by Gasteiger charge is -2.33. The minimum Gasteiger partial charge on any atom is -0.381 e. The summed E-state index contributed by atoms with van der Waals surface area (Å²) in [5, 5.41) is 13.1. The Bertz CT molecular complexity index is 381. The molecular weight excluding hydrogens is 266 g/mol. The minimum absolute atomic E-state index is 0.0282. The van der Waals surface area contributed by atoms with Gasteiger partial charge in [0.05, 0.1) is 4.92 Å². The summed E-state index contributed by atoms with van der Waals surface area (Å²) in [4.78, 5) is 10.8. The SMILES string of the molecule is CCOCOC1NN(C2CCOCC2)C(C)=C1[N+](=O)[O-]. The fourth-order valence-electron chi connectivity index (χ4n) is 2.46. The highest BCUT2D eigenvalue weighted by atomic mass is 16.7. The van der Waals surface area contributed by atoms with Crippen LogP contribution < -0.4 is 5.43 Å². The average molecular weight is 287 g/mol. The summed E-state index contributed by atoms with van der Waals surface area (Å²) in [5.41, 5.74) is 3.71. The summed E-state index contributed by atoms with van der Waals surface area (Å²) in [6.07, 6.45) is 0.917. The predicted octanol–water partition coefficient (Wildman–Crippen LogP) is 0.830. The molecule has 114 valence electrons. The molecule has 0 spiro atoms. The molecule has 0 aromatic carbocycles. The van der Waals surface area contributed by atoms with Crippen LogP contribution in [0.2, 0.25) is 0 Å². The molecule has 0 radical (unpaired) electrons. The molecule has 2 aliphatic heterocycles. The molecule has 0 aliphatic carbocycles. The van der Waals surface area contributed by atoms with Gasteiger partial charge in [-0.1, -0.05) is 0 Å². The monoisotopic (exact) mass is 287 g/mol. The summed E-state index contributed by atoms with van der Waals surface area (Å²) >= 11 is 0. The summed E-state index contributed by atoms with van der Waals surface area (Å²) in [6.45, 7) is 5.47. The smallest absolute Gasteiger partial charge is 0.311 e. The zero-order valence-corrected chi connectivity index (χ0v) is 11.8. The summed E-state index contributed by atoms with van der Waals surface area (Å²) in [6, 6.07) is 0.194. The lowest BCUT2D eigenvalue weighted by molar-refractivity contribution is -0.438. The van der Waals surface area contributed by atoms with E-state index in [1.807, 2.05) is 11.9 Å². The van der Waals surface area contributed by atoms with Gasteiger partial charge in [0.2, 0.25) is 6.23 Å². The maximum absolute atomic E-state index is 11.2. The van der Waals surface area contributed by atoms with Crippen molar-refractivity contribution in [2.75, 3.05) is 26.6 Å². The third-order valence-corrected chi connectivity index (χ3v) is 3.51. The number of ether oxygens (including phenoxy) is 3. The highest BCUT2D eigenvalue weighted by molar-refractivity contribution is 5.14. The van der Waals surface area contributed by atoms with E-state index in [0.29, 0.717) is 25.5 Å². The van der Waals surface area contributed by atoms with Gasteiger partial charge in [0.25, 0.3) is 0 Å². The van der Waals surface area contributed by atoms with E-state index in [0.717, 1.165) is 12.8 Å². The molecule has 1 atom stereocenters. The predicted molar refractivity (Wildman–Crippen MR) is 69.9 cm³/mol. The summed E-state index contributed by atoms with van der Waals surface area (Å²) in [5.74, 6) is 0. The largest absolute Gasteiger partial charge is 0.381 e. The molecule has 0 aromatic heterocycles.